The highest BCUT2D eigenvalue weighted by atomic mass is 79.9. The third-order valence-electron chi connectivity index (χ3n) is 4.88. The van der Waals surface area contributed by atoms with Crippen LogP contribution in [0.1, 0.15) is 57.4 Å². The number of nitrogens with zero attached hydrogens (tertiary/aromatic N) is 1. The highest BCUT2D eigenvalue weighted by molar-refractivity contribution is 9.09. The normalized spacial score (nSPS) is 14.2. The second-order valence-electron chi connectivity index (χ2n) is 8.57. The number of hydrogen-bond donors (Lipinski definition) is 1. The molecule has 7 nitrogen and oxygen atoms in total. The first-order valence-electron chi connectivity index (χ1n) is 10.2. The van der Waals surface area contributed by atoms with Crippen molar-refractivity contribution < 1.29 is 23.9 Å². The molecule has 32 heavy (non-hydrogen) atoms. The first kappa shape index (κ1) is 23.7. The molecule has 0 unspecified atom stereocenters. The molecule has 8 heteroatoms. The Morgan fingerprint density at radius 3 is 2.06 bits per heavy atom. The van der Waals surface area contributed by atoms with Crippen molar-refractivity contribution in [3.63, 3.8) is 0 Å². The predicted octanol–water partition coefficient (Wildman–Crippen LogP) is 4.00. The van der Waals surface area contributed by atoms with Crippen molar-refractivity contribution in [1.29, 1.82) is 0 Å². The number of ether oxygens (including phenoxy) is 1. The number of hydrogen-bond acceptors (Lipinski definition) is 5. The molecule has 3 amide bonds. The van der Waals surface area contributed by atoms with E-state index in [9.17, 15) is 19.2 Å². The molecule has 2 aromatic carbocycles. The fourth-order valence-corrected chi connectivity index (χ4v) is 3.77. The van der Waals surface area contributed by atoms with Gasteiger partial charge in [0.2, 0.25) is 0 Å². The molecular formula is C24H25BrN2O5. The number of halogens is 1. The summed E-state index contributed by atoms with van der Waals surface area (Å²) in [5.41, 5.74) is 1.43. The molecular weight excluding hydrogens is 476 g/mol. The van der Waals surface area contributed by atoms with Gasteiger partial charge in [0, 0.05) is 5.56 Å². The largest absolute Gasteiger partial charge is 0.444 e. The lowest BCUT2D eigenvalue weighted by Gasteiger charge is -2.26. The number of carbonyl (C=O) groups is 4. The third-order valence-corrected chi connectivity index (χ3v) is 5.39. The number of ketones is 1. The summed E-state index contributed by atoms with van der Waals surface area (Å²) in [5, 5.41) is 3.01. The van der Waals surface area contributed by atoms with Crippen molar-refractivity contribution in [3.8, 4) is 0 Å². The summed E-state index contributed by atoms with van der Waals surface area (Å²) in [6, 6.07) is 13.1. The van der Waals surface area contributed by atoms with Gasteiger partial charge in [-0.25, -0.2) is 4.79 Å². The monoisotopic (exact) mass is 500 g/mol. The number of alkyl halides is 1. The van der Waals surface area contributed by atoms with Crippen molar-refractivity contribution in [2.45, 2.75) is 38.8 Å². The second kappa shape index (κ2) is 9.65. The van der Waals surface area contributed by atoms with Crippen LogP contribution in [0.25, 0.3) is 0 Å². The Hall–Kier alpha value is -3.00. The molecule has 1 N–H and O–H groups in total. The molecule has 1 aliphatic heterocycles. The summed E-state index contributed by atoms with van der Waals surface area (Å²) >= 11 is 3.15. The van der Waals surface area contributed by atoms with Crippen LogP contribution >= 0.6 is 15.9 Å². The van der Waals surface area contributed by atoms with Crippen LogP contribution in [0.2, 0.25) is 0 Å². The van der Waals surface area contributed by atoms with E-state index < -0.39 is 17.7 Å². The van der Waals surface area contributed by atoms with E-state index in [1.807, 2.05) is 0 Å². The van der Waals surface area contributed by atoms with Gasteiger partial charge >= 0.3 is 6.09 Å². The van der Waals surface area contributed by atoms with Gasteiger partial charge in [-0.2, -0.15) is 0 Å². The number of imide groups is 1. The Balaban J connectivity index is 1.80. The van der Waals surface area contributed by atoms with Gasteiger partial charge in [-0.05, 0) is 44.9 Å². The summed E-state index contributed by atoms with van der Waals surface area (Å²) in [6.45, 7) is 5.26. The lowest BCUT2D eigenvalue weighted by Crippen LogP contribution is -2.48. The highest BCUT2D eigenvalue weighted by Crippen LogP contribution is 2.23. The van der Waals surface area contributed by atoms with Gasteiger partial charge < -0.3 is 10.1 Å². The number of fused-ring (bicyclic) bond motifs is 1. The molecule has 0 fully saturated rings. The fourth-order valence-electron chi connectivity index (χ4n) is 3.45. The van der Waals surface area contributed by atoms with Crippen LogP contribution in [-0.2, 0) is 11.2 Å². The minimum Gasteiger partial charge on any atom is -0.444 e. The molecule has 0 saturated carbocycles. The van der Waals surface area contributed by atoms with Crippen LogP contribution < -0.4 is 5.32 Å². The Morgan fingerprint density at radius 1 is 1.00 bits per heavy atom. The summed E-state index contributed by atoms with van der Waals surface area (Å²) in [4.78, 5) is 51.0. The van der Waals surface area contributed by atoms with Gasteiger partial charge in [0.1, 0.15) is 5.60 Å². The summed E-state index contributed by atoms with van der Waals surface area (Å²) < 4.78 is 5.36. The second-order valence-corrected chi connectivity index (χ2v) is 9.13. The van der Waals surface area contributed by atoms with Crippen molar-refractivity contribution in [2.75, 3.05) is 11.9 Å². The zero-order valence-electron chi connectivity index (χ0n) is 18.2. The fraction of sp³-hybridized carbons (Fsp3) is 0.333. The van der Waals surface area contributed by atoms with E-state index in [-0.39, 0.29) is 29.5 Å². The molecule has 2 aromatic rings. The maximum atomic E-state index is 12.8. The van der Waals surface area contributed by atoms with Gasteiger partial charge in [-0.15, -0.1) is 0 Å². The minimum atomic E-state index is -0.693. The first-order valence-corrected chi connectivity index (χ1v) is 11.3. The van der Waals surface area contributed by atoms with Gasteiger partial charge in [-0.3, -0.25) is 19.3 Å². The number of rotatable bonds is 7. The topological polar surface area (TPSA) is 92.8 Å². The number of Topliss-reactive ketones (excluding diaryl/α,β-unsaturated/α-hetero) is 1. The van der Waals surface area contributed by atoms with Crippen molar-refractivity contribution in [2.24, 2.45) is 0 Å². The zero-order valence-corrected chi connectivity index (χ0v) is 19.8. The first-order chi connectivity index (χ1) is 15.1. The third kappa shape index (κ3) is 5.62. The van der Waals surface area contributed by atoms with Crippen molar-refractivity contribution in [1.82, 2.24) is 10.2 Å². The lowest BCUT2D eigenvalue weighted by molar-refractivity contribution is 0.0468. The van der Waals surface area contributed by atoms with Gasteiger partial charge in [0.15, 0.2) is 5.78 Å². The standard InChI is InChI=1S/C24H25BrN2O5/c1-24(2,3)32-23(31)26-17(12-15-8-10-16(11-9-15)20(28)13-25)14-27-21(29)18-6-4-5-7-19(18)22(27)30/h4-11,17H,12-14H2,1-3H3,(H,26,31)/t17-/m0/s1. The molecule has 0 aromatic heterocycles. The Morgan fingerprint density at radius 2 is 1.56 bits per heavy atom. The highest BCUT2D eigenvalue weighted by Gasteiger charge is 2.37. The van der Waals surface area contributed by atoms with Crippen molar-refractivity contribution in [3.05, 3.63) is 70.8 Å². The zero-order chi connectivity index (χ0) is 23.5. The quantitative estimate of drug-likeness (QED) is 0.352. The van der Waals surface area contributed by atoms with Crippen LogP contribution in [0.15, 0.2) is 48.5 Å². The number of alkyl carbamates (subject to hydrolysis) is 1. The SMILES string of the molecule is CC(C)(C)OC(=O)N[C@@H](Cc1ccc(C(=O)CBr)cc1)CN1C(=O)c2ccccc2C1=O. The molecule has 0 saturated heterocycles. The number of carbonyl (C=O) groups excluding carboxylic acids is 4. The molecule has 0 bridgehead atoms. The maximum Gasteiger partial charge on any atom is 0.407 e. The summed E-state index contributed by atoms with van der Waals surface area (Å²) in [5.74, 6) is -0.814. The van der Waals surface area contributed by atoms with E-state index in [0.29, 0.717) is 23.1 Å². The Kier molecular flexibility index (Phi) is 7.13. The van der Waals surface area contributed by atoms with E-state index >= 15 is 0 Å². The lowest BCUT2D eigenvalue weighted by atomic mass is 10.0. The van der Waals surface area contributed by atoms with Gasteiger partial charge in [-0.1, -0.05) is 52.3 Å². The Bertz CT molecular complexity index is 1010. The number of benzene rings is 2. The van der Waals surface area contributed by atoms with Crippen LogP contribution in [0.3, 0.4) is 0 Å². The van der Waals surface area contributed by atoms with Gasteiger partial charge in [0.25, 0.3) is 11.8 Å². The van der Waals surface area contributed by atoms with Crippen LogP contribution in [0.4, 0.5) is 4.79 Å². The Labute approximate surface area is 195 Å². The molecule has 1 aliphatic rings. The number of amides is 3. The van der Waals surface area contributed by atoms with E-state index in [0.717, 1.165) is 10.5 Å². The average molecular weight is 501 g/mol. The smallest absolute Gasteiger partial charge is 0.407 e. The van der Waals surface area contributed by atoms with Crippen molar-refractivity contribution >= 4 is 39.6 Å². The predicted molar refractivity (Wildman–Crippen MR) is 123 cm³/mol. The van der Waals surface area contributed by atoms with E-state index in [1.54, 1.807) is 69.3 Å². The van der Waals surface area contributed by atoms with E-state index in [2.05, 4.69) is 21.2 Å². The molecule has 0 spiro atoms. The van der Waals surface area contributed by atoms with E-state index in [1.165, 1.54) is 0 Å². The van der Waals surface area contributed by atoms with Crippen LogP contribution in [-0.4, -0.2) is 52.1 Å². The molecule has 168 valence electrons. The molecule has 3 rings (SSSR count). The average Bonchev–Trinajstić information content (AvgIpc) is 2.97. The molecule has 0 radical (unpaired) electrons. The summed E-state index contributed by atoms with van der Waals surface area (Å²) in [6.07, 6.45) is -0.291. The molecule has 0 aliphatic carbocycles. The van der Waals surface area contributed by atoms with Crippen LogP contribution in [0.5, 0.6) is 0 Å². The summed E-state index contributed by atoms with van der Waals surface area (Å²) in [7, 11) is 0. The maximum absolute atomic E-state index is 12.8. The number of nitrogens with one attached hydrogen (secondary N) is 1. The molecule has 1 heterocycles. The van der Waals surface area contributed by atoms with E-state index in [4.69, 9.17) is 4.74 Å². The molecule has 1 atom stereocenters. The van der Waals surface area contributed by atoms with Crippen LogP contribution in [0, 0.1) is 0 Å². The van der Waals surface area contributed by atoms with Gasteiger partial charge in [0.05, 0.1) is 29.0 Å². The minimum absolute atomic E-state index is 0.00628.